The van der Waals surface area contributed by atoms with Crippen LogP contribution in [0.25, 0.3) is 5.69 Å². The van der Waals surface area contributed by atoms with Crippen molar-refractivity contribution in [1.82, 2.24) is 9.55 Å². The lowest BCUT2D eigenvalue weighted by atomic mass is 10.2. The second kappa shape index (κ2) is 4.48. The predicted octanol–water partition coefficient (Wildman–Crippen LogP) is 0.334. The highest BCUT2D eigenvalue weighted by molar-refractivity contribution is 5.84. The number of nitrogens with zero attached hydrogens (tertiary/aromatic N) is 2. The fraction of sp³-hybridized carbons (Fsp3) is 0. The first-order valence-corrected chi connectivity index (χ1v) is 4.81. The molecule has 2 aromatic rings. The molecule has 0 radical (unpaired) electrons. The molecule has 0 amide bonds. The molecule has 17 heavy (non-hydrogen) atoms. The van der Waals surface area contributed by atoms with Gasteiger partial charge in [0.2, 0.25) is 0 Å². The zero-order valence-corrected chi connectivity index (χ0v) is 8.70. The molecular formula is C11H9N3O3. The van der Waals surface area contributed by atoms with Crippen LogP contribution in [0.4, 0.5) is 0 Å². The van der Waals surface area contributed by atoms with Gasteiger partial charge in [0.15, 0.2) is 0 Å². The van der Waals surface area contributed by atoms with Crippen LogP contribution < -0.4 is 11.2 Å². The number of rotatable bonds is 2. The average Bonchev–Trinajstić information content (AvgIpc) is 2.31. The van der Waals surface area contributed by atoms with E-state index < -0.39 is 11.2 Å². The highest BCUT2D eigenvalue weighted by atomic mass is 16.4. The van der Waals surface area contributed by atoms with Crippen molar-refractivity contribution in [3.8, 4) is 5.69 Å². The van der Waals surface area contributed by atoms with E-state index in [9.17, 15) is 9.59 Å². The lowest BCUT2D eigenvalue weighted by Crippen LogP contribution is -2.33. The van der Waals surface area contributed by atoms with E-state index in [0.717, 1.165) is 10.8 Å². The topological polar surface area (TPSA) is 87.5 Å². The molecular weight excluding hydrogens is 222 g/mol. The van der Waals surface area contributed by atoms with Gasteiger partial charge in [0.05, 0.1) is 11.9 Å². The van der Waals surface area contributed by atoms with Crippen LogP contribution in [0.15, 0.2) is 51.3 Å². The summed E-state index contributed by atoms with van der Waals surface area (Å²) in [5, 5.41) is 11.4. The Morgan fingerprint density at radius 2 is 2.00 bits per heavy atom. The zero-order chi connectivity index (χ0) is 12.3. The van der Waals surface area contributed by atoms with Gasteiger partial charge in [-0.3, -0.25) is 4.79 Å². The van der Waals surface area contributed by atoms with Crippen LogP contribution in [0.5, 0.6) is 0 Å². The molecule has 1 aromatic carbocycles. The second-order valence-electron chi connectivity index (χ2n) is 3.26. The number of benzene rings is 1. The van der Waals surface area contributed by atoms with Gasteiger partial charge in [-0.1, -0.05) is 23.4 Å². The maximum Gasteiger partial charge on any atom is 0.333 e. The minimum absolute atomic E-state index is 0.358. The number of para-hydroxylation sites is 1. The highest BCUT2D eigenvalue weighted by Gasteiger charge is 2.07. The smallest absolute Gasteiger partial charge is 0.333 e. The van der Waals surface area contributed by atoms with E-state index in [0.29, 0.717) is 11.3 Å². The maximum absolute atomic E-state index is 11.6. The molecule has 0 bridgehead atoms. The Kier molecular flexibility index (Phi) is 2.87. The van der Waals surface area contributed by atoms with E-state index in [-0.39, 0.29) is 0 Å². The van der Waals surface area contributed by atoms with E-state index in [1.165, 1.54) is 12.3 Å². The number of aromatic amines is 1. The van der Waals surface area contributed by atoms with Gasteiger partial charge in [-0.2, -0.15) is 0 Å². The molecule has 0 saturated heterocycles. The van der Waals surface area contributed by atoms with Gasteiger partial charge >= 0.3 is 5.69 Å². The molecule has 0 aliphatic carbocycles. The third kappa shape index (κ3) is 2.00. The Balaban J connectivity index is 2.78. The number of oxime groups is 1. The number of hydrogen-bond donors (Lipinski definition) is 2. The first-order valence-electron chi connectivity index (χ1n) is 4.81. The van der Waals surface area contributed by atoms with Crippen LogP contribution in [-0.2, 0) is 0 Å². The molecule has 0 aliphatic heterocycles. The van der Waals surface area contributed by atoms with Crippen LogP contribution in [0, 0.1) is 0 Å². The molecule has 0 atom stereocenters. The molecule has 86 valence electrons. The van der Waals surface area contributed by atoms with E-state index in [1.807, 2.05) is 0 Å². The third-order valence-corrected chi connectivity index (χ3v) is 2.23. The van der Waals surface area contributed by atoms with Gasteiger partial charge < -0.3 is 10.2 Å². The molecule has 1 heterocycles. The van der Waals surface area contributed by atoms with Crippen LogP contribution in [-0.4, -0.2) is 21.0 Å². The van der Waals surface area contributed by atoms with Crippen molar-refractivity contribution in [1.29, 1.82) is 0 Å². The molecule has 6 heteroatoms. The molecule has 0 saturated carbocycles. The van der Waals surface area contributed by atoms with Crippen molar-refractivity contribution >= 4 is 6.21 Å². The third-order valence-electron chi connectivity index (χ3n) is 2.23. The van der Waals surface area contributed by atoms with Gasteiger partial charge in [0.1, 0.15) is 0 Å². The zero-order valence-electron chi connectivity index (χ0n) is 8.70. The Bertz CT molecular complexity index is 642. The van der Waals surface area contributed by atoms with E-state index in [2.05, 4.69) is 10.1 Å². The molecule has 2 N–H and O–H groups in total. The van der Waals surface area contributed by atoms with Crippen molar-refractivity contribution in [2.24, 2.45) is 5.16 Å². The summed E-state index contributed by atoms with van der Waals surface area (Å²) in [7, 11) is 0. The van der Waals surface area contributed by atoms with Gasteiger partial charge in [-0.15, -0.1) is 0 Å². The molecule has 0 spiro atoms. The lowest BCUT2D eigenvalue weighted by molar-refractivity contribution is 0.322. The molecule has 1 aromatic heterocycles. The minimum Gasteiger partial charge on any atom is -0.411 e. The number of aromatic nitrogens is 2. The lowest BCUT2D eigenvalue weighted by Gasteiger charge is -2.06. The summed E-state index contributed by atoms with van der Waals surface area (Å²) in [6.45, 7) is 0. The minimum atomic E-state index is -0.545. The van der Waals surface area contributed by atoms with Gasteiger partial charge in [-0.25, -0.2) is 9.36 Å². The van der Waals surface area contributed by atoms with Gasteiger partial charge in [0, 0.05) is 17.8 Å². The molecule has 0 aliphatic rings. The van der Waals surface area contributed by atoms with Crippen LogP contribution >= 0.6 is 0 Å². The Morgan fingerprint density at radius 3 is 2.71 bits per heavy atom. The Hall–Kier alpha value is -2.63. The standard InChI is InChI=1S/C11H9N3O3/c15-10-5-6-12-11(16)14(10)9-4-2-1-3-8(9)7-13-17/h1-7,17H,(H,12,16). The van der Waals surface area contributed by atoms with Gasteiger partial charge in [0.25, 0.3) is 5.56 Å². The molecule has 2 rings (SSSR count). The predicted molar refractivity (Wildman–Crippen MR) is 62.0 cm³/mol. The monoisotopic (exact) mass is 231 g/mol. The summed E-state index contributed by atoms with van der Waals surface area (Å²) in [4.78, 5) is 25.6. The van der Waals surface area contributed by atoms with Crippen molar-refractivity contribution in [3.63, 3.8) is 0 Å². The normalized spacial score (nSPS) is 10.8. The van der Waals surface area contributed by atoms with E-state index in [4.69, 9.17) is 5.21 Å². The molecule has 0 unspecified atom stereocenters. The van der Waals surface area contributed by atoms with E-state index >= 15 is 0 Å². The largest absolute Gasteiger partial charge is 0.411 e. The highest BCUT2D eigenvalue weighted by Crippen LogP contribution is 2.08. The van der Waals surface area contributed by atoms with E-state index in [1.54, 1.807) is 24.3 Å². The number of nitrogens with one attached hydrogen (secondary N) is 1. The molecule has 6 nitrogen and oxygen atoms in total. The van der Waals surface area contributed by atoms with Gasteiger partial charge in [-0.05, 0) is 6.07 Å². The van der Waals surface area contributed by atoms with Crippen molar-refractivity contribution in [2.75, 3.05) is 0 Å². The Morgan fingerprint density at radius 1 is 1.24 bits per heavy atom. The van der Waals surface area contributed by atoms with Crippen LogP contribution in [0.3, 0.4) is 0 Å². The summed E-state index contributed by atoms with van der Waals surface area (Å²) < 4.78 is 0.969. The van der Waals surface area contributed by atoms with Crippen LogP contribution in [0.1, 0.15) is 5.56 Å². The molecule has 0 fully saturated rings. The fourth-order valence-corrected chi connectivity index (χ4v) is 1.51. The quantitative estimate of drug-likeness (QED) is 0.443. The summed E-state index contributed by atoms with van der Waals surface area (Å²) >= 11 is 0. The first-order chi connectivity index (χ1) is 8.24. The number of hydrogen-bond acceptors (Lipinski definition) is 4. The summed E-state index contributed by atoms with van der Waals surface area (Å²) in [6, 6.07) is 7.86. The number of H-pyrrole nitrogens is 1. The SMILES string of the molecule is O=c1cc[nH]c(=O)n1-c1ccccc1C=NO. The average molecular weight is 231 g/mol. The van der Waals surface area contributed by atoms with Crippen molar-refractivity contribution in [2.45, 2.75) is 0 Å². The second-order valence-corrected chi connectivity index (χ2v) is 3.26. The maximum atomic E-state index is 11.6. The summed E-state index contributed by atoms with van der Waals surface area (Å²) in [5.74, 6) is 0. The van der Waals surface area contributed by atoms with Crippen LogP contribution in [0.2, 0.25) is 0 Å². The Labute approximate surface area is 95.5 Å². The fourth-order valence-electron chi connectivity index (χ4n) is 1.51. The van der Waals surface area contributed by atoms with Crippen molar-refractivity contribution < 1.29 is 5.21 Å². The summed E-state index contributed by atoms with van der Waals surface area (Å²) in [6.07, 6.45) is 2.44. The van der Waals surface area contributed by atoms with Crippen molar-refractivity contribution in [3.05, 3.63) is 62.9 Å². The first kappa shape index (κ1) is 10.9. The summed E-state index contributed by atoms with van der Waals surface area (Å²) in [5.41, 5.74) is -0.172.